The summed E-state index contributed by atoms with van der Waals surface area (Å²) in [6.45, 7) is 9.48. The molecule has 4 rings (SSSR count). The summed E-state index contributed by atoms with van der Waals surface area (Å²) in [6.07, 6.45) is 8.60. The molecule has 2 aliphatic rings. The predicted octanol–water partition coefficient (Wildman–Crippen LogP) is 4.71. The Morgan fingerprint density at radius 3 is 2.25 bits per heavy atom. The Labute approximate surface area is 193 Å². The van der Waals surface area contributed by atoms with Crippen molar-refractivity contribution >= 4 is 21.5 Å². The largest absolute Gasteiger partial charge is 0.354 e. The maximum atomic E-state index is 12.7. The predicted molar refractivity (Wildman–Crippen MR) is 131 cm³/mol. The first-order valence-electron chi connectivity index (χ1n) is 12.0. The second-order valence-corrected chi connectivity index (χ2v) is 11.2. The zero-order chi connectivity index (χ0) is 22.6. The Morgan fingerprint density at radius 2 is 1.66 bits per heavy atom. The summed E-state index contributed by atoms with van der Waals surface area (Å²) in [5, 5.41) is 0. The quantitative estimate of drug-likeness (QED) is 0.654. The van der Waals surface area contributed by atoms with Gasteiger partial charge >= 0.3 is 0 Å². The summed E-state index contributed by atoms with van der Waals surface area (Å²) in [5.41, 5.74) is 1.60. The van der Waals surface area contributed by atoms with Crippen LogP contribution in [-0.4, -0.2) is 51.0 Å². The highest BCUT2D eigenvalue weighted by Crippen LogP contribution is 2.25. The first-order valence-corrected chi connectivity index (χ1v) is 13.5. The van der Waals surface area contributed by atoms with Crippen molar-refractivity contribution in [1.82, 2.24) is 9.88 Å². The fourth-order valence-corrected chi connectivity index (χ4v) is 5.82. The second kappa shape index (κ2) is 10.2. The van der Waals surface area contributed by atoms with Crippen LogP contribution < -0.4 is 9.62 Å². The monoisotopic (exact) mass is 456 g/mol. The molecule has 174 valence electrons. The molecular weight excluding hydrogens is 420 g/mol. The summed E-state index contributed by atoms with van der Waals surface area (Å²) in [4.78, 5) is 9.69. The molecule has 0 amide bonds. The molecule has 0 unspecified atom stereocenters. The van der Waals surface area contributed by atoms with Crippen LogP contribution in [0.15, 0.2) is 47.5 Å². The van der Waals surface area contributed by atoms with Crippen molar-refractivity contribution in [2.24, 2.45) is 5.92 Å². The van der Waals surface area contributed by atoms with Gasteiger partial charge in [-0.1, -0.05) is 45.2 Å². The van der Waals surface area contributed by atoms with Crippen LogP contribution in [0.25, 0.3) is 0 Å². The molecule has 1 aliphatic heterocycles. The summed E-state index contributed by atoms with van der Waals surface area (Å²) >= 11 is 0. The lowest BCUT2D eigenvalue weighted by molar-refractivity contribution is 0.192. The molecular formula is C25H36N4O2S. The highest BCUT2D eigenvalue weighted by molar-refractivity contribution is 7.92. The van der Waals surface area contributed by atoms with Crippen molar-refractivity contribution < 1.29 is 8.42 Å². The van der Waals surface area contributed by atoms with E-state index in [9.17, 15) is 8.42 Å². The summed E-state index contributed by atoms with van der Waals surface area (Å²) < 4.78 is 28.1. The van der Waals surface area contributed by atoms with Crippen LogP contribution in [0.3, 0.4) is 0 Å². The minimum Gasteiger partial charge on any atom is -0.354 e. The highest BCUT2D eigenvalue weighted by Gasteiger charge is 2.22. The average molecular weight is 457 g/mol. The number of nitrogens with zero attached hydrogens (tertiary/aromatic N) is 3. The Balaban J connectivity index is 1.31. The van der Waals surface area contributed by atoms with Crippen LogP contribution in [0.1, 0.15) is 57.4 Å². The number of rotatable bonds is 7. The van der Waals surface area contributed by atoms with Crippen LogP contribution in [0.5, 0.6) is 0 Å². The number of pyridine rings is 1. The molecule has 32 heavy (non-hydrogen) atoms. The van der Waals surface area contributed by atoms with Gasteiger partial charge in [0.2, 0.25) is 0 Å². The Bertz CT molecular complexity index is 960. The van der Waals surface area contributed by atoms with Crippen molar-refractivity contribution in [2.45, 2.75) is 56.8 Å². The summed E-state index contributed by atoms with van der Waals surface area (Å²) in [5.74, 6) is 2.15. The number of piperazine rings is 1. The number of aromatic nitrogens is 1. The molecule has 1 saturated carbocycles. The van der Waals surface area contributed by atoms with Gasteiger partial charge in [0.25, 0.3) is 10.0 Å². The third-order valence-corrected chi connectivity index (χ3v) is 8.19. The fourth-order valence-electron chi connectivity index (χ4n) is 4.77. The second-order valence-electron chi connectivity index (χ2n) is 9.53. The Morgan fingerprint density at radius 1 is 0.969 bits per heavy atom. The average Bonchev–Trinajstić information content (AvgIpc) is 2.81. The zero-order valence-corrected chi connectivity index (χ0v) is 20.2. The number of nitrogens with one attached hydrogen (secondary N) is 1. The van der Waals surface area contributed by atoms with Gasteiger partial charge in [0, 0.05) is 32.7 Å². The van der Waals surface area contributed by atoms with E-state index in [1.807, 2.05) is 18.2 Å². The molecule has 1 aromatic heterocycles. The van der Waals surface area contributed by atoms with E-state index < -0.39 is 10.0 Å². The fraction of sp³-hybridized carbons (Fsp3) is 0.560. The minimum absolute atomic E-state index is 0.264. The van der Waals surface area contributed by atoms with Gasteiger partial charge in [0.1, 0.15) is 5.82 Å². The lowest BCUT2D eigenvalue weighted by atomic mass is 9.89. The van der Waals surface area contributed by atoms with Gasteiger partial charge < -0.3 is 4.90 Å². The first kappa shape index (κ1) is 23.1. The molecule has 0 spiro atoms. The molecule has 0 radical (unpaired) electrons. The normalized spacial score (nSPS) is 18.8. The van der Waals surface area contributed by atoms with Crippen molar-refractivity contribution in [3.8, 4) is 0 Å². The first-order chi connectivity index (χ1) is 15.4. The Hall–Kier alpha value is -2.12. The topological polar surface area (TPSA) is 65.5 Å². The minimum atomic E-state index is -3.63. The summed E-state index contributed by atoms with van der Waals surface area (Å²) in [6, 6.07) is 10.8. The number of hydrogen-bond donors (Lipinski definition) is 1. The van der Waals surface area contributed by atoms with Gasteiger partial charge in [-0.15, -0.1) is 0 Å². The molecule has 1 N–H and O–H groups in total. The van der Waals surface area contributed by atoms with E-state index in [0.29, 0.717) is 11.6 Å². The van der Waals surface area contributed by atoms with Crippen molar-refractivity contribution in [3.05, 3.63) is 48.2 Å². The van der Waals surface area contributed by atoms with Crippen LogP contribution in [0.2, 0.25) is 0 Å². The van der Waals surface area contributed by atoms with Gasteiger partial charge in [0.05, 0.1) is 16.8 Å². The highest BCUT2D eigenvalue weighted by atomic mass is 32.2. The Kier molecular flexibility index (Phi) is 7.36. The molecule has 1 aliphatic carbocycles. The molecule has 2 aromatic rings. The molecule has 1 aromatic carbocycles. The molecule has 2 fully saturated rings. The summed E-state index contributed by atoms with van der Waals surface area (Å²) in [7, 11) is -3.63. The van der Waals surface area contributed by atoms with Crippen molar-refractivity contribution in [3.63, 3.8) is 0 Å². The number of sulfonamides is 1. The van der Waals surface area contributed by atoms with E-state index in [2.05, 4.69) is 33.4 Å². The van der Waals surface area contributed by atoms with Gasteiger partial charge in [-0.25, -0.2) is 13.4 Å². The third-order valence-electron chi connectivity index (χ3n) is 6.79. The maximum absolute atomic E-state index is 12.7. The van der Waals surface area contributed by atoms with Gasteiger partial charge in [-0.2, -0.15) is 0 Å². The lowest BCUT2D eigenvalue weighted by Crippen LogP contribution is -2.48. The maximum Gasteiger partial charge on any atom is 0.261 e. The van der Waals surface area contributed by atoms with E-state index in [-0.39, 0.29) is 4.90 Å². The number of benzene rings is 1. The number of anilines is 2. The van der Waals surface area contributed by atoms with Crippen molar-refractivity contribution in [1.29, 1.82) is 0 Å². The molecule has 1 saturated heterocycles. The molecule has 0 atom stereocenters. The standard InChI is InChI=1S/C25H36N4O2S/c1-20(2)22-8-11-24(12-9-22)32(30,31)27-23-10-13-25(26-18-23)29-16-14-28(15-17-29)19-21-6-4-3-5-7-21/h8-13,18,20-21,27H,3-7,14-17,19H2,1-2H3. The third kappa shape index (κ3) is 5.81. The molecule has 7 heteroatoms. The molecule has 2 heterocycles. The number of hydrogen-bond acceptors (Lipinski definition) is 5. The molecule has 6 nitrogen and oxygen atoms in total. The van der Waals surface area contributed by atoms with E-state index in [1.165, 1.54) is 38.6 Å². The van der Waals surface area contributed by atoms with Crippen LogP contribution in [0.4, 0.5) is 11.5 Å². The van der Waals surface area contributed by atoms with Crippen LogP contribution in [-0.2, 0) is 10.0 Å². The van der Waals surface area contributed by atoms with Gasteiger partial charge in [-0.05, 0) is 54.5 Å². The van der Waals surface area contributed by atoms with E-state index in [0.717, 1.165) is 43.5 Å². The van der Waals surface area contributed by atoms with Crippen LogP contribution in [0, 0.1) is 5.92 Å². The van der Waals surface area contributed by atoms with Crippen LogP contribution >= 0.6 is 0 Å². The van der Waals surface area contributed by atoms with E-state index in [4.69, 9.17) is 0 Å². The molecule has 0 bridgehead atoms. The lowest BCUT2D eigenvalue weighted by Gasteiger charge is -2.37. The van der Waals surface area contributed by atoms with Crippen molar-refractivity contribution in [2.75, 3.05) is 42.3 Å². The zero-order valence-electron chi connectivity index (χ0n) is 19.3. The SMILES string of the molecule is CC(C)c1ccc(S(=O)(=O)Nc2ccc(N3CCN(CC4CCCCC4)CC3)nc2)cc1. The van der Waals surface area contributed by atoms with Gasteiger partial charge in [-0.3, -0.25) is 9.62 Å². The van der Waals surface area contributed by atoms with E-state index >= 15 is 0 Å². The van der Waals surface area contributed by atoms with E-state index in [1.54, 1.807) is 24.4 Å². The van der Waals surface area contributed by atoms with Gasteiger partial charge in [0.15, 0.2) is 0 Å². The smallest absolute Gasteiger partial charge is 0.261 e.